The zero-order valence-corrected chi connectivity index (χ0v) is 25.1. The number of ketones is 1. The molecule has 0 saturated carbocycles. The van der Waals surface area contributed by atoms with Gasteiger partial charge in [0.05, 0.1) is 32.2 Å². The van der Waals surface area contributed by atoms with Crippen LogP contribution >= 0.6 is 47.2 Å². The summed E-state index contributed by atoms with van der Waals surface area (Å²) in [6.45, 7) is 0. The van der Waals surface area contributed by atoms with Gasteiger partial charge in [-0.1, -0.05) is 38.1 Å². The van der Waals surface area contributed by atoms with Crippen molar-refractivity contribution in [3.05, 3.63) is 58.1 Å². The van der Waals surface area contributed by atoms with Crippen molar-refractivity contribution in [3.8, 4) is 0 Å². The van der Waals surface area contributed by atoms with Gasteiger partial charge < -0.3 is 24.5 Å². The fraction of sp³-hybridized carbons (Fsp3) is 0.286. The van der Waals surface area contributed by atoms with Crippen LogP contribution in [0.2, 0.25) is 10.3 Å². The molecule has 0 fully saturated rings. The first kappa shape index (κ1) is 44.8. The molecule has 0 atom stereocenters. The Hall–Kier alpha value is -1.20. The molecule has 2 rings (SSSR count). The van der Waals surface area contributed by atoms with E-state index in [1.54, 1.807) is 0 Å². The SMILES string of the molecule is C.C.COC(=O)CC(=O)[O-].COC(=O)CC(=O)c1ccnc(Cl)c1.I.O=C(O)c1ccnc(Cl)c1.[K+]. The third-order valence-electron chi connectivity index (χ3n) is 3.07. The Balaban J connectivity index is -0.000000131. The van der Waals surface area contributed by atoms with E-state index in [0.29, 0.717) is 5.56 Å². The van der Waals surface area contributed by atoms with Crippen LogP contribution in [0.1, 0.15) is 48.4 Å². The van der Waals surface area contributed by atoms with Crippen molar-refractivity contribution in [1.82, 2.24) is 9.97 Å². The van der Waals surface area contributed by atoms with Crippen molar-refractivity contribution in [3.63, 3.8) is 0 Å². The van der Waals surface area contributed by atoms with Gasteiger partial charge in [-0.25, -0.2) is 14.8 Å². The molecule has 0 aliphatic rings. The van der Waals surface area contributed by atoms with Gasteiger partial charge >= 0.3 is 69.3 Å². The first-order valence-electron chi connectivity index (χ1n) is 8.33. The number of hydrogen-bond donors (Lipinski definition) is 1. The zero-order chi connectivity index (χ0) is 24.7. The quantitative estimate of drug-likeness (QED) is 0.109. The number of ether oxygens (including phenoxy) is 2. The van der Waals surface area contributed by atoms with E-state index in [-0.39, 0.29) is 118 Å². The molecule has 0 unspecified atom stereocenters. The van der Waals surface area contributed by atoms with Gasteiger partial charge in [0, 0.05) is 18.0 Å². The molecule has 2 aromatic heterocycles. The van der Waals surface area contributed by atoms with Crippen molar-refractivity contribution in [2.75, 3.05) is 14.2 Å². The number of carbonyl (C=O) groups is 5. The van der Waals surface area contributed by atoms with Crippen LogP contribution in [0.5, 0.6) is 0 Å². The molecule has 0 radical (unpaired) electrons. The van der Waals surface area contributed by atoms with E-state index >= 15 is 0 Å². The van der Waals surface area contributed by atoms with Crippen LogP contribution in [0.15, 0.2) is 36.7 Å². The van der Waals surface area contributed by atoms with Gasteiger partial charge in [0.15, 0.2) is 5.78 Å². The summed E-state index contributed by atoms with van der Waals surface area (Å²) in [5.74, 6) is -4.10. The summed E-state index contributed by atoms with van der Waals surface area (Å²) in [6.07, 6.45) is 1.81. The van der Waals surface area contributed by atoms with Crippen LogP contribution < -0.4 is 56.5 Å². The van der Waals surface area contributed by atoms with Crippen LogP contribution in [0.25, 0.3) is 0 Å². The van der Waals surface area contributed by atoms with E-state index in [4.69, 9.17) is 28.3 Å². The number of nitrogens with zero attached hydrogens (tertiary/aromatic N) is 2. The zero-order valence-electron chi connectivity index (χ0n) is 18.2. The van der Waals surface area contributed by atoms with Gasteiger partial charge in [-0.15, -0.1) is 24.0 Å². The predicted octanol–water partition coefficient (Wildman–Crippen LogP) is 0.108. The average molecular weight is 687 g/mol. The van der Waals surface area contributed by atoms with Gasteiger partial charge in [0.1, 0.15) is 16.7 Å². The summed E-state index contributed by atoms with van der Waals surface area (Å²) in [7, 11) is 2.35. The Labute approximate surface area is 278 Å². The second-order valence-corrected chi connectivity index (χ2v) is 6.12. The second-order valence-electron chi connectivity index (χ2n) is 5.34. The van der Waals surface area contributed by atoms with Gasteiger partial charge in [0.25, 0.3) is 0 Å². The van der Waals surface area contributed by atoms with Gasteiger partial charge in [-0.05, 0) is 24.3 Å². The van der Waals surface area contributed by atoms with Crippen molar-refractivity contribution < 1.29 is 95.0 Å². The molecular formula is C21H26Cl2IKN2O9. The standard InChI is InChI=1S/C9H8ClNO3.C6H4ClNO2.C4H6O4.2CH4.HI.K/c1-14-9(13)5-7(12)6-2-3-11-8(10)4-6;7-5-3-4(6(9)10)1-2-8-5;1-8-4(7)2-3(5)6;;;;/h2-4H,5H2,1H3;1-3H,(H,9,10);2H2,1H3,(H,5,6);2*1H4;1H;/q;;;;;;+1/p-1. The van der Waals surface area contributed by atoms with E-state index in [9.17, 15) is 29.1 Å². The number of Topliss-reactive ketones (excluding diaryl/α,β-unsaturated/α-hetero) is 1. The maximum Gasteiger partial charge on any atom is 1.00 e. The number of halogens is 3. The molecule has 196 valence electrons. The molecule has 15 heteroatoms. The summed E-state index contributed by atoms with van der Waals surface area (Å²) >= 11 is 11.0. The topological polar surface area (TPSA) is 173 Å². The number of aromatic nitrogens is 2. The molecule has 0 aliphatic heterocycles. The molecule has 0 amide bonds. The van der Waals surface area contributed by atoms with E-state index in [1.807, 2.05) is 0 Å². The summed E-state index contributed by atoms with van der Waals surface area (Å²) in [5.41, 5.74) is 0.510. The first-order chi connectivity index (χ1) is 15.0. The third-order valence-corrected chi connectivity index (χ3v) is 3.48. The van der Waals surface area contributed by atoms with Crippen LogP contribution in [-0.4, -0.2) is 59.0 Å². The Kier molecular flexibility index (Phi) is 31.6. The number of carbonyl (C=O) groups excluding carboxylic acids is 4. The number of pyridine rings is 2. The first-order valence-corrected chi connectivity index (χ1v) is 9.08. The Morgan fingerprint density at radius 2 is 1.25 bits per heavy atom. The van der Waals surface area contributed by atoms with Crippen LogP contribution in [0, 0.1) is 0 Å². The van der Waals surface area contributed by atoms with Crippen molar-refractivity contribution in [2.24, 2.45) is 0 Å². The van der Waals surface area contributed by atoms with Gasteiger partial charge in [-0.3, -0.25) is 14.4 Å². The van der Waals surface area contributed by atoms with Crippen molar-refractivity contribution >= 4 is 76.8 Å². The summed E-state index contributed by atoms with van der Waals surface area (Å²) in [6, 6.07) is 5.59. The van der Waals surface area contributed by atoms with E-state index < -0.39 is 30.3 Å². The fourth-order valence-corrected chi connectivity index (χ4v) is 1.95. The fourth-order valence-electron chi connectivity index (χ4n) is 1.61. The number of methoxy groups -OCH3 is 2. The number of carboxylic acids is 2. The molecule has 0 aliphatic carbocycles. The average Bonchev–Trinajstić information content (AvgIpc) is 2.74. The molecule has 1 N–H and O–H groups in total. The summed E-state index contributed by atoms with van der Waals surface area (Å²) in [4.78, 5) is 59.3. The Morgan fingerprint density at radius 1 is 0.861 bits per heavy atom. The number of aromatic carboxylic acids is 1. The minimum absolute atomic E-state index is 0. The number of rotatable bonds is 6. The summed E-state index contributed by atoms with van der Waals surface area (Å²) < 4.78 is 8.37. The number of aliphatic carboxylic acids is 1. The number of hydrogen-bond acceptors (Lipinski definition) is 10. The number of esters is 2. The Bertz CT molecular complexity index is 982. The largest absolute Gasteiger partial charge is 1.00 e. The van der Waals surface area contributed by atoms with E-state index in [1.165, 1.54) is 43.8 Å². The maximum absolute atomic E-state index is 11.4. The second kappa shape index (κ2) is 25.4. The van der Waals surface area contributed by atoms with E-state index in [0.717, 1.165) is 7.11 Å². The monoisotopic (exact) mass is 686 g/mol. The minimum atomic E-state index is -1.42. The molecule has 2 heterocycles. The van der Waals surface area contributed by atoms with Crippen LogP contribution in [0.4, 0.5) is 0 Å². The maximum atomic E-state index is 11.4. The predicted molar refractivity (Wildman–Crippen MR) is 137 cm³/mol. The van der Waals surface area contributed by atoms with Crippen molar-refractivity contribution in [1.29, 1.82) is 0 Å². The number of carboxylic acid groups (broad SMARTS) is 2. The normalized spacial score (nSPS) is 8.11. The molecule has 36 heavy (non-hydrogen) atoms. The Morgan fingerprint density at radius 3 is 1.56 bits per heavy atom. The molecule has 0 aromatic carbocycles. The van der Waals surface area contributed by atoms with Gasteiger partial charge in [-0.2, -0.15) is 0 Å². The molecule has 11 nitrogen and oxygen atoms in total. The van der Waals surface area contributed by atoms with Crippen LogP contribution in [-0.2, 0) is 23.9 Å². The van der Waals surface area contributed by atoms with E-state index in [2.05, 4.69) is 19.4 Å². The molecular weight excluding hydrogens is 661 g/mol. The molecule has 0 bridgehead atoms. The summed E-state index contributed by atoms with van der Waals surface area (Å²) in [5, 5.41) is 18.4. The minimum Gasteiger partial charge on any atom is -0.550 e. The molecule has 0 spiro atoms. The smallest absolute Gasteiger partial charge is 0.550 e. The van der Waals surface area contributed by atoms with Gasteiger partial charge in [0.2, 0.25) is 0 Å². The molecule has 0 saturated heterocycles. The van der Waals surface area contributed by atoms with Crippen molar-refractivity contribution in [2.45, 2.75) is 27.7 Å². The van der Waals surface area contributed by atoms with Crippen LogP contribution in [0.3, 0.4) is 0 Å². The molecule has 2 aromatic rings. The third kappa shape index (κ3) is 22.0.